The van der Waals surface area contributed by atoms with Crippen molar-refractivity contribution >= 4 is 21.8 Å². The maximum Gasteiger partial charge on any atom is 0.227 e. The van der Waals surface area contributed by atoms with E-state index in [2.05, 4.69) is 26.2 Å². The van der Waals surface area contributed by atoms with Gasteiger partial charge in [-0.2, -0.15) is 0 Å². The van der Waals surface area contributed by atoms with Crippen molar-refractivity contribution in [1.29, 1.82) is 0 Å². The molecular formula is C22H25BrFN3O. The first-order valence-corrected chi connectivity index (χ1v) is 10.9. The van der Waals surface area contributed by atoms with Gasteiger partial charge in [-0.15, -0.1) is 0 Å². The van der Waals surface area contributed by atoms with Crippen LogP contribution in [0.25, 0.3) is 0 Å². The number of halogens is 2. The third-order valence-corrected chi connectivity index (χ3v) is 7.97. The lowest BCUT2D eigenvalue weighted by Crippen LogP contribution is -2.58. The molecule has 6 heteroatoms. The van der Waals surface area contributed by atoms with Gasteiger partial charge in [0.05, 0.1) is 5.41 Å². The second-order valence-electron chi connectivity index (χ2n) is 9.25. The van der Waals surface area contributed by atoms with Crippen molar-refractivity contribution in [2.75, 3.05) is 0 Å². The van der Waals surface area contributed by atoms with Gasteiger partial charge in [0.25, 0.3) is 0 Å². The Kier molecular flexibility index (Phi) is 4.20. The molecule has 0 radical (unpaired) electrons. The number of imidazole rings is 1. The highest BCUT2D eigenvalue weighted by Crippen LogP contribution is 2.64. The third-order valence-electron chi connectivity index (χ3n) is 7.05. The summed E-state index contributed by atoms with van der Waals surface area (Å²) >= 11 is 3.99. The van der Waals surface area contributed by atoms with E-state index in [-0.39, 0.29) is 21.5 Å². The van der Waals surface area contributed by atoms with Crippen molar-refractivity contribution in [2.45, 2.75) is 48.9 Å². The Balaban J connectivity index is 1.48. The van der Waals surface area contributed by atoms with Crippen LogP contribution in [-0.4, -0.2) is 19.8 Å². The fourth-order valence-electron chi connectivity index (χ4n) is 6.34. The molecule has 1 N–H and O–H groups in total. The van der Waals surface area contributed by atoms with Gasteiger partial charge in [-0.05, 0) is 68.1 Å². The van der Waals surface area contributed by atoms with Gasteiger partial charge in [-0.25, -0.2) is 9.37 Å². The number of alkyl halides is 1. The smallest absolute Gasteiger partial charge is 0.227 e. The molecule has 6 rings (SSSR count). The van der Waals surface area contributed by atoms with Gasteiger partial charge in [-0.3, -0.25) is 4.79 Å². The number of nitrogens with one attached hydrogen (secondary N) is 1. The van der Waals surface area contributed by atoms with Crippen molar-refractivity contribution in [2.24, 2.45) is 24.3 Å². The Morgan fingerprint density at radius 1 is 1.32 bits per heavy atom. The lowest BCUT2D eigenvalue weighted by molar-refractivity contribution is -0.144. The highest BCUT2D eigenvalue weighted by Gasteiger charge is 2.60. The molecule has 2 aromatic rings. The molecule has 28 heavy (non-hydrogen) atoms. The van der Waals surface area contributed by atoms with Gasteiger partial charge in [0.1, 0.15) is 17.7 Å². The first kappa shape index (κ1) is 18.3. The Bertz CT molecular complexity index is 912. The molecule has 1 aromatic heterocycles. The Labute approximate surface area is 173 Å². The van der Waals surface area contributed by atoms with Crippen LogP contribution in [-0.2, 0) is 11.8 Å². The van der Waals surface area contributed by atoms with Crippen molar-refractivity contribution in [1.82, 2.24) is 14.9 Å². The summed E-state index contributed by atoms with van der Waals surface area (Å²) in [5.74, 6) is 1.78. The van der Waals surface area contributed by atoms with E-state index in [0.717, 1.165) is 30.7 Å². The molecule has 0 saturated heterocycles. The van der Waals surface area contributed by atoms with Crippen LogP contribution in [0.3, 0.4) is 0 Å². The average Bonchev–Trinajstić information content (AvgIpc) is 3.03. The Morgan fingerprint density at radius 3 is 2.68 bits per heavy atom. The van der Waals surface area contributed by atoms with Crippen molar-refractivity contribution in [3.8, 4) is 0 Å². The number of rotatable bonds is 4. The second-order valence-corrected chi connectivity index (χ2v) is 10.9. The minimum atomic E-state index is -0.456. The predicted molar refractivity (Wildman–Crippen MR) is 108 cm³/mol. The highest BCUT2D eigenvalue weighted by atomic mass is 79.9. The number of carbonyl (C=O) groups excluding carboxylic acids is 1. The summed E-state index contributed by atoms with van der Waals surface area (Å²) in [6.07, 6.45) is 10.0. The molecule has 4 nitrogen and oxygen atoms in total. The number of hydrogen-bond acceptors (Lipinski definition) is 2. The van der Waals surface area contributed by atoms with Crippen molar-refractivity contribution < 1.29 is 9.18 Å². The van der Waals surface area contributed by atoms with Crippen LogP contribution in [0.5, 0.6) is 0 Å². The van der Waals surface area contributed by atoms with Gasteiger partial charge in [0.2, 0.25) is 5.91 Å². The number of nitrogens with zero attached hydrogens (tertiary/aromatic N) is 2. The zero-order chi connectivity index (χ0) is 19.5. The molecule has 3 unspecified atom stereocenters. The van der Waals surface area contributed by atoms with Crippen molar-refractivity contribution in [3.63, 3.8) is 0 Å². The molecule has 4 aliphatic carbocycles. The molecule has 4 fully saturated rings. The van der Waals surface area contributed by atoms with Gasteiger partial charge in [0, 0.05) is 23.8 Å². The summed E-state index contributed by atoms with van der Waals surface area (Å²) < 4.78 is 15.9. The van der Waals surface area contributed by atoms with Crippen LogP contribution in [0, 0.1) is 23.1 Å². The van der Waals surface area contributed by atoms with Crippen LogP contribution in [0.4, 0.5) is 4.39 Å². The van der Waals surface area contributed by atoms with E-state index in [0.29, 0.717) is 11.8 Å². The third kappa shape index (κ3) is 3.00. The molecule has 3 atom stereocenters. The number of amides is 1. The molecule has 4 aliphatic rings. The molecule has 4 saturated carbocycles. The summed E-state index contributed by atoms with van der Waals surface area (Å²) in [7, 11) is 1.90. The summed E-state index contributed by atoms with van der Waals surface area (Å²) in [5, 5.41) is 3.27. The van der Waals surface area contributed by atoms with Crippen LogP contribution >= 0.6 is 15.9 Å². The fourth-order valence-corrected chi connectivity index (χ4v) is 7.79. The topological polar surface area (TPSA) is 46.9 Å². The lowest BCUT2D eigenvalue weighted by Gasteiger charge is -2.59. The van der Waals surface area contributed by atoms with Crippen LogP contribution < -0.4 is 5.32 Å². The monoisotopic (exact) mass is 445 g/mol. The van der Waals surface area contributed by atoms with Crippen LogP contribution in [0.2, 0.25) is 0 Å². The molecule has 1 heterocycles. The Morgan fingerprint density at radius 2 is 2.07 bits per heavy atom. The zero-order valence-corrected chi connectivity index (χ0v) is 17.6. The SMILES string of the molecule is Cn1ccnc1C(NC(=O)C12CC3CC(CC(Br)(C3)C1)C2)c1cccc(F)c1. The van der Waals surface area contributed by atoms with Gasteiger partial charge in [-0.1, -0.05) is 28.1 Å². The summed E-state index contributed by atoms with van der Waals surface area (Å²) in [6, 6.07) is 6.00. The van der Waals surface area contributed by atoms with E-state index in [9.17, 15) is 9.18 Å². The first-order valence-electron chi connectivity index (χ1n) is 10.1. The van der Waals surface area contributed by atoms with Gasteiger partial charge < -0.3 is 9.88 Å². The molecule has 0 spiro atoms. The first-order chi connectivity index (χ1) is 13.4. The largest absolute Gasteiger partial charge is 0.342 e. The molecule has 0 aliphatic heterocycles. The zero-order valence-electron chi connectivity index (χ0n) is 16.0. The minimum Gasteiger partial charge on any atom is -0.342 e. The van der Waals surface area contributed by atoms with Gasteiger partial charge >= 0.3 is 0 Å². The molecule has 4 bridgehead atoms. The molecule has 148 valence electrons. The summed E-state index contributed by atoms with van der Waals surface area (Å²) in [5.41, 5.74) is 0.408. The van der Waals surface area contributed by atoms with E-state index in [1.807, 2.05) is 23.9 Å². The fraction of sp³-hybridized carbons (Fsp3) is 0.545. The maximum absolute atomic E-state index is 13.9. The lowest BCUT2D eigenvalue weighted by atomic mass is 9.49. The highest BCUT2D eigenvalue weighted by molar-refractivity contribution is 9.10. The van der Waals surface area contributed by atoms with E-state index in [1.165, 1.54) is 31.4 Å². The number of benzene rings is 1. The quantitative estimate of drug-likeness (QED) is 0.704. The normalized spacial score (nSPS) is 34.4. The predicted octanol–water partition coefficient (Wildman–Crippen LogP) is 4.50. The Hall–Kier alpha value is -1.69. The second kappa shape index (κ2) is 6.41. The van der Waals surface area contributed by atoms with Gasteiger partial charge in [0.15, 0.2) is 0 Å². The van der Waals surface area contributed by atoms with E-state index in [1.54, 1.807) is 12.3 Å². The number of hydrogen-bond donors (Lipinski definition) is 1. The molecule has 1 aromatic carbocycles. The van der Waals surface area contributed by atoms with Crippen LogP contribution in [0.1, 0.15) is 56.0 Å². The van der Waals surface area contributed by atoms with Crippen molar-refractivity contribution in [3.05, 3.63) is 53.9 Å². The standard InChI is InChI=1S/C22H25BrFN3O/c1-27-6-5-25-19(27)18(16-3-2-4-17(24)8-16)26-20(28)21-9-14-7-15(10-21)12-22(23,11-14)13-21/h2-6,8,14-15,18H,7,9-13H2,1H3,(H,26,28). The maximum atomic E-state index is 13.9. The molecular weight excluding hydrogens is 421 g/mol. The number of carbonyl (C=O) groups is 1. The van der Waals surface area contributed by atoms with E-state index >= 15 is 0 Å². The van der Waals surface area contributed by atoms with E-state index in [4.69, 9.17) is 0 Å². The number of aromatic nitrogens is 2. The van der Waals surface area contributed by atoms with Crippen LogP contribution in [0.15, 0.2) is 36.7 Å². The number of aryl methyl sites for hydroxylation is 1. The van der Waals surface area contributed by atoms with E-state index < -0.39 is 6.04 Å². The summed E-state index contributed by atoms with van der Waals surface area (Å²) in [4.78, 5) is 18.1. The average molecular weight is 446 g/mol. The molecule has 1 amide bonds. The minimum absolute atomic E-state index is 0.0997. The summed E-state index contributed by atoms with van der Waals surface area (Å²) in [6.45, 7) is 0.